The van der Waals surface area contributed by atoms with E-state index in [0.717, 1.165) is 0 Å². The summed E-state index contributed by atoms with van der Waals surface area (Å²) in [4.78, 5) is 14.5. The Hall–Kier alpha value is -1.65. The number of hydrogen-bond donors (Lipinski definition) is 0. The molecular formula is C12H10F3NO. The molecule has 0 spiro atoms. The molecule has 0 aliphatic carbocycles. The van der Waals surface area contributed by atoms with E-state index in [0.29, 0.717) is 0 Å². The molecule has 0 amide bonds. The Morgan fingerprint density at radius 3 is 2.59 bits per heavy atom. The summed E-state index contributed by atoms with van der Waals surface area (Å²) < 4.78 is 47.6. The van der Waals surface area contributed by atoms with Gasteiger partial charge in [0.2, 0.25) is 0 Å². The lowest BCUT2D eigenvalue weighted by Gasteiger charge is -2.34. The molecule has 2 atom stereocenters. The van der Waals surface area contributed by atoms with Crippen LogP contribution in [0.1, 0.15) is 6.93 Å². The van der Waals surface area contributed by atoms with Crippen LogP contribution in [0.2, 0.25) is 0 Å². The number of aldehydes is 1. The lowest BCUT2D eigenvalue weighted by Crippen LogP contribution is -2.49. The fourth-order valence-electron chi connectivity index (χ4n) is 2.06. The summed E-state index contributed by atoms with van der Waals surface area (Å²) in [6.45, 7) is -0.608. The standard InChI is InChI=1S/C12H10F3NO/c13-12(14,15)11(8-16-6-10(11)7-17)9-4-2-1-3-5-9/h1-7,10H,8H2/i6T. The van der Waals surface area contributed by atoms with E-state index in [1.165, 1.54) is 24.3 Å². The fraction of sp³-hybridized carbons (Fsp3) is 0.333. The zero-order chi connectivity index (χ0) is 13.4. The van der Waals surface area contributed by atoms with E-state index >= 15 is 0 Å². The Kier molecular flexibility index (Phi) is 2.46. The van der Waals surface area contributed by atoms with Gasteiger partial charge in [0.05, 0.1) is 13.8 Å². The highest BCUT2D eigenvalue weighted by atomic mass is 19.4. The van der Waals surface area contributed by atoms with Gasteiger partial charge in [-0.15, -0.1) is 0 Å². The summed E-state index contributed by atoms with van der Waals surface area (Å²) in [5, 5.41) is 0. The fourth-order valence-corrected chi connectivity index (χ4v) is 2.06. The van der Waals surface area contributed by atoms with E-state index in [9.17, 15) is 18.0 Å². The number of rotatable bonds is 2. The first-order valence-electron chi connectivity index (χ1n) is 5.52. The number of aliphatic imine (C=N–C) groups is 1. The van der Waals surface area contributed by atoms with Gasteiger partial charge in [-0.1, -0.05) is 30.3 Å². The van der Waals surface area contributed by atoms with Crippen molar-refractivity contribution in [2.24, 2.45) is 10.9 Å². The monoisotopic (exact) mass is 243 g/mol. The summed E-state index contributed by atoms with van der Waals surface area (Å²) in [5.74, 6) is -1.57. The lowest BCUT2D eigenvalue weighted by atomic mass is 9.72. The molecule has 2 rings (SSSR count). The third kappa shape index (κ3) is 1.66. The predicted molar refractivity (Wildman–Crippen MR) is 57.1 cm³/mol. The van der Waals surface area contributed by atoms with Crippen LogP contribution in [-0.2, 0) is 10.2 Å². The molecule has 2 unspecified atom stereocenters. The number of carbonyl (C=O) groups is 1. The summed E-state index contributed by atoms with van der Waals surface area (Å²) in [6, 6.07) is 7.19. The Morgan fingerprint density at radius 1 is 1.41 bits per heavy atom. The number of halogens is 3. The van der Waals surface area contributed by atoms with Gasteiger partial charge >= 0.3 is 6.18 Å². The van der Waals surface area contributed by atoms with E-state index < -0.39 is 30.2 Å². The van der Waals surface area contributed by atoms with Crippen LogP contribution < -0.4 is 0 Å². The molecule has 17 heavy (non-hydrogen) atoms. The van der Waals surface area contributed by atoms with Gasteiger partial charge in [0.15, 0.2) is 0 Å². The van der Waals surface area contributed by atoms with E-state index in [1.807, 2.05) is 0 Å². The number of nitrogens with zero attached hydrogens (tertiary/aromatic N) is 1. The van der Waals surface area contributed by atoms with Crippen LogP contribution in [0, 0.1) is 5.92 Å². The van der Waals surface area contributed by atoms with Crippen LogP contribution in [0.5, 0.6) is 0 Å². The highest BCUT2D eigenvalue weighted by molar-refractivity contribution is 5.86. The average Bonchev–Trinajstić information content (AvgIpc) is 2.68. The van der Waals surface area contributed by atoms with Gasteiger partial charge in [-0.25, -0.2) is 0 Å². The van der Waals surface area contributed by atoms with E-state index in [-0.39, 0.29) is 11.8 Å². The van der Waals surface area contributed by atoms with Crippen molar-refractivity contribution in [3.05, 3.63) is 35.9 Å². The van der Waals surface area contributed by atoms with Gasteiger partial charge in [0.1, 0.15) is 11.7 Å². The van der Waals surface area contributed by atoms with Crippen molar-refractivity contribution in [1.82, 2.24) is 0 Å². The Bertz CT molecular complexity index is 486. The van der Waals surface area contributed by atoms with Crippen molar-refractivity contribution in [2.75, 3.05) is 6.54 Å². The van der Waals surface area contributed by atoms with Crippen molar-refractivity contribution >= 4 is 12.5 Å². The van der Waals surface area contributed by atoms with Crippen molar-refractivity contribution in [3.8, 4) is 0 Å². The van der Waals surface area contributed by atoms with E-state index in [2.05, 4.69) is 4.99 Å². The van der Waals surface area contributed by atoms with Gasteiger partial charge in [0.25, 0.3) is 0 Å². The second-order valence-corrected chi connectivity index (χ2v) is 3.89. The van der Waals surface area contributed by atoms with Gasteiger partial charge < -0.3 is 4.79 Å². The third-order valence-corrected chi connectivity index (χ3v) is 3.02. The summed E-state index contributed by atoms with van der Waals surface area (Å²) in [7, 11) is 0. The smallest absolute Gasteiger partial charge is 0.303 e. The van der Waals surface area contributed by atoms with Crippen molar-refractivity contribution in [3.63, 3.8) is 0 Å². The summed E-state index contributed by atoms with van der Waals surface area (Å²) in [6.07, 6.45) is -4.97. The van der Waals surface area contributed by atoms with Crippen LogP contribution in [0.15, 0.2) is 35.3 Å². The molecule has 0 radical (unpaired) electrons. The SMILES string of the molecule is [3H]C1=NCC(c2ccccc2)(C(F)(F)F)C1C=O. The zero-order valence-electron chi connectivity index (χ0n) is 9.74. The zero-order valence-corrected chi connectivity index (χ0v) is 8.74. The quantitative estimate of drug-likeness (QED) is 0.733. The molecule has 5 heteroatoms. The molecule has 1 aliphatic heterocycles. The van der Waals surface area contributed by atoms with Crippen LogP contribution in [0.4, 0.5) is 13.2 Å². The van der Waals surface area contributed by atoms with Gasteiger partial charge in [-0.05, 0) is 5.56 Å². The van der Waals surface area contributed by atoms with Crippen molar-refractivity contribution in [2.45, 2.75) is 11.6 Å². The molecule has 90 valence electrons. The van der Waals surface area contributed by atoms with Crippen LogP contribution in [0.25, 0.3) is 0 Å². The molecule has 0 N–H and O–H groups in total. The molecular weight excluding hydrogens is 231 g/mol. The normalized spacial score (nSPS) is 29.7. The highest BCUT2D eigenvalue weighted by Crippen LogP contribution is 2.47. The third-order valence-electron chi connectivity index (χ3n) is 3.02. The van der Waals surface area contributed by atoms with Gasteiger partial charge in [-0.3, -0.25) is 4.99 Å². The first kappa shape index (κ1) is 10.5. The molecule has 0 fully saturated rings. The summed E-state index contributed by atoms with van der Waals surface area (Å²) in [5.41, 5.74) is -2.42. The maximum atomic E-state index is 13.4. The minimum atomic E-state index is -4.63. The molecule has 0 bridgehead atoms. The van der Waals surface area contributed by atoms with Crippen molar-refractivity contribution < 1.29 is 19.3 Å². The maximum Gasteiger partial charge on any atom is 0.401 e. The second kappa shape index (κ2) is 3.98. The molecule has 1 heterocycles. The number of hydrogen-bond acceptors (Lipinski definition) is 2. The average molecular weight is 243 g/mol. The first-order valence-corrected chi connectivity index (χ1v) is 5.02. The molecule has 1 aromatic carbocycles. The van der Waals surface area contributed by atoms with E-state index in [1.54, 1.807) is 6.07 Å². The Balaban J connectivity index is 2.61. The molecule has 1 aliphatic rings. The second-order valence-electron chi connectivity index (χ2n) is 3.89. The molecule has 0 saturated heterocycles. The maximum absolute atomic E-state index is 13.4. The van der Waals surface area contributed by atoms with Crippen molar-refractivity contribution in [1.29, 1.82) is 0 Å². The number of alkyl halides is 3. The topological polar surface area (TPSA) is 29.4 Å². The Labute approximate surface area is 97.6 Å². The van der Waals surface area contributed by atoms with E-state index in [4.69, 9.17) is 1.37 Å². The van der Waals surface area contributed by atoms with Crippen LogP contribution >= 0.6 is 0 Å². The predicted octanol–water partition coefficient (Wildman–Crippen LogP) is 2.39. The van der Waals surface area contributed by atoms with Gasteiger partial charge in [0, 0.05) is 6.19 Å². The van der Waals surface area contributed by atoms with Gasteiger partial charge in [-0.2, -0.15) is 13.2 Å². The molecule has 0 aromatic heterocycles. The minimum absolute atomic E-state index is 0.0272. The largest absolute Gasteiger partial charge is 0.401 e. The number of carbonyl (C=O) groups excluding carboxylic acids is 1. The minimum Gasteiger partial charge on any atom is -0.303 e. The number of benzene rings is 1. The highest BCUT2D eigenvalue weighted by Gasteiger charge is 2.61. The first-order chi connectivity index (χ1) is 8.43. The van der Waals surface area contributed by atoms with Crippen LogP contribution in [-0.4, -0.2) is 25.2 Å². The molecule has 2 nitrogen and oxygen atoms in total. The van der Waals surface area contributed by atoms with Crippen LogP contribution in [0.3, 0.4) is 0 Å². The molecule has 0 saturated carbocycles. The Morgan fingerprint density at radius 2 is 2.06 bits per heavy atom. The molecule has 1 aromatic rings. The summed E-state index contributed by atoms with van der Waals surface area (Å²) >= 11 is 0. The lowest BCUT2D eigenvalue weighted by molar-refractivity contribution is -0.193.